The van der Waals surface area contributed by atoms with Crippen LogP contribution in [0.15, 0.2) is 121 Å². The normalized spacial score (nSPS) is 12.0. The van der Waals surface area contributed by atoms with Crippen molar-refractivity contribution in [3.63, 3.8) is 0 Å². The van der Waals surface area contributed by atoms with Gasteiger partial charge in [0.05, 0.1) is 36.6 Å². The summed E-state index contributed by atoms with van der Waals surface area (Å²) in [5, 5.41) is 51.4. The molecule has 0 amide bonds. The van der Waals surface area contributed by atoms with E-state index in [0.717, 1.165) is 21.1 Å². The van der Waals surface area contributed by atoms with Crippen molar-refractivity contribution in [1.82, 2.24) is 4.31 Å². The van der Waals surface area contributed by atoms with E-state index in [-0.39, 0.29) is 42.6 Å². The van der Waals surface area contributed by atoms with Crippen LogP contribution >= 0.6 is 12.6 Å². The molecule has 0 atom stereocenters. The molecule has 0 aliphatic carbocycles. The minimum Gasteiger partial charge on any atom is -0.505 e. The molecule has 14 heteroatoms. The number of thiol groups is 1. The van der Waals surface area contributed by atoms with Crippen LogP contribution in [0.4, 0.5) is 34.1 Å². The predicted octanol–water partition coefficient (Wildman–Crippen LogP) is 7.70. The molecule has 0 aromatic heterocycles. The molecule has 0 saturated heterocycles. The van der Waals surface area contributed by atoms with Crippen molar-refractivity contribution < 1.29 is 28.5 Å². The SMILES string of the molecule is COc1cc(N=Nc2ccc(S(=O)(=O)N(CCO)CCO)cc2)c(C)cc1N=Nc1c(S)cc2cc(Nc3ccccc3)ccc2c1O. The number of nitrogens with one attached hydrogen (secondary N) is 1. The lowest BCUT2D eigenvalue weighted by atomic mass is 10.1. The van der Waals surface area contributed by atoms with Crippen LogP contribution in [0, 0.1) is 6.92 Å². The minimum atomic E-state index is -3.90. The fourth-order valence-corrected chi connectivity index (χ4v) is 6.57. The second-order valence-corrected chi connectivity index (χ2v) is 13.0. The number of hydrogen-bond acceptors (Lipinski definition) is 12. The first-order chi connectivity index (χ1) is 23.1. The number of hydrogen-bond donors (Lipinski definition) is 5. The van der Waals surface area contributed by atoms with Crippen LogP contribution in [0.5, 0.6) is 11.5 Å². The lowest BCUT2D eigenvalue weighted by molar-refractivity contribution is 0.217. The number of aryl methyl sites for hydroxylation is 1. The van der Waals surface area contributed by atoms with Crippen LogP contribution < -0.4 is 10.1 Å². The highest BCUT2D eigenvalue weighted by atomic mass is 32.2. The Bertz CT molecular complexity index is 2070. The number of phenolic OH excluding ortho intramolecular Hbond substituents is 1. The summed E-state index contributed by atoms with van der Waals surface area (Å²) in [5.74, 6) is 0.312. The number of anilines is 2. The number of sulfonamides is 1. The second-order valence-electron chi connectivity index (χ2n) is 10.6. The fourth-order valence-electron chi connectivity index (χ4n) is 4.86. The maximum Gasteiger partial charge on any atom is 0.243 e. The van der Waals surface area contributed by atoms with E-state index in [4.69, 9.17) is 4.74 Å². The van der Waals surface area contributed by atoms with Gasteiger partial charge in [-0.25, -0.2) is 8.42 Å². The van der Waals surface area contributed by atoms with E-state index < -0.39 is 10.0 Å². The van der Waals surface area contributed by atoms with Crippen molar-refractivity contribution in [2.75, 3.05) is 38.7 Å². The number of methoxy groups -OCH3 is 1. The summed E-state index contributed by atoms with van der Waals surface area (Å²) >= 11 is 4.57. The zero-order valence-electron chi connectivity index (χ0n) is 26.1. The quantitative estimate of drug-likeness (QED) is 0.0624. The number of phenols is 1. The molecule has 0 aliphatic heterocycles. The number of aliphatic hydroxyl groups excluding tert-OH is 2. The molecular formula is C34H34N6O6S2. The van der Waals surface area contributed by atoms with E-state index in [1.54, 1.807) is 12.1 Å². The summed E-state index contributed by atoms with van der Waals surface area (Å²) in [7, 11) is -2.42. The van der Waals surface area contributed by atoms with Crippen molar-refractivity contribution in [3.05, 3.63) is 96.6 Å². The Morgan fingerprint density at radius 2 is 1.50 bits per heavy atom. The van der Waals surface area contributed by atoms with Gasteiger partial charge in [0.2, 0.25) is 10.0 Å². The van der Waals surface area contributed by atoms with Crippen molar-refractivity contribution in [1.29, 1.82) is 0 Å². The van der Waals surface area contributed by atoms with Crippen LogP contribution in [-0.2, 0) is 10.0 Å². The van der Waals surface area contributed by atoms with E-state index in [1.807, 2.05) is 61.5 Å². The lowest BCUT2D eigenvalue weighted by Gasteiger charge is -2.20. The number of para-hydroxylation sites is 1. The van der Waals surface area contributed by atoms with E-state index in [9.17, 15) is 23.7 Å². The average molecular weight is 687 g/mol. The first kappa shape index (κ1) is 34.5. The summed E-state index contributed by atoms with van der Waals surface area (Å²) in [6.45, 7) is 0.817. The number of ether oxygens (including phenoxy) is 1. The molecule has 248 valence electrons. The van der Waals surface area contributed by atoms with Gasteiger partial charge in [-0.15, -0.1) is 22.9 Å². The number of azo groups is 2. The molecule has 5 aromatic rings. The van der Waals surface area contributed by atoms with Crippen LogP contribution in [-0.4, -0.2) is 61.5 Å². The van der Waals surface area contributed by atoms with E-state index in [1.165, 1.54) is 31.4 Å². The molecule has 0 unspecified atom stereocenters. The van der Waals surface area contributed by atoms with Gasteiger partial charge in [-0.3, -0.25) is 0 Å². The average Bonchev–Trinajstić information content (AvgIpc) is 3.08. The Labute approximate surface area is 283 Å². The summed E-state index contributed by atoms with van der Waals surface area (Å²) in [6.07, 6.45) is 0. The summed E-state index contributed by atoms with van der Waals surface area (Å²) in [4.78, 5) is 0.442. The molecule has 0 fully saturated rings. The molecule has 4 N–H and O–H groups in total. The molecule has 0 bridgehead atoms. The topological polar surface area (TPSA) is 169 Å². The molecular weight excluding hydrogens is 653 g/mol. The van der Waals surface area contributed by atoms with Gasteiger partial charge >= 0.3 is 0 Å². The summed E-state index contributed by atoms with van der Waals surface area (Å²) in [6, 6.07) is 26.4. The number of nitrogens with zero attached hydrogens (tertiary/aromatic N) is 5. The number of rotatable bonds is 13. The Morgan fingerprint density at radius 3 is 2.17 bits per heavy atom. The molecule has 5 rings (SSSR count). The highest BCUT2D eigenvalue weighted by molar-refractivity contribution is 7.89. The molecule has 0 radical (unpaired) electrons. The highest BCUT2D eigenvalue weighted by Crippen LogP contribution is 2.43. The monoisotopic (exact) mass is 686 g/mol. The lowest BCUT2D eigenvalue weighted by Crippen LogP contribution is -2.35. The summed E-state index contributed by atoms with van der Waals surface area (Å²) < 4.78 is 32.3. The standard InChI is InChI=1S/C34H34N6O6S2/c1-22-18-30(38-39-33-32(47)20-23-19-26(10-13-28(23)34(33)43)35-24-6-4-3-5-7-24)31(46-2)21-29(22)37-36-25-8-11-27(12-9-25)48(44,45)40(14-16-41)15-17-42/h3-13,18-21,35,41-43,47H,14-17H2,1-2H3. The zero-order chi connectivity index (χ0) is 34.3. The largest absolute Gasteiger partial charge is 0.505 e. The third kappa shape index (κ3) is 7.81. The van der Waals surface area contributed by atoms with Crippen LogP contribution in [0.25, 0.3) is 10.8 Å². The Morgan fingerprint density at radius 1 is 0.812 bits per heavy atom. The molecule has 0 aliphatic rings. The van der Waals surface area contributed by atoms with Gasteiger partial charge in [-0.1, -0.05) is 18.2 Å². The Hall–Kier alpha value is -4.86. The van der Waals surface area contributed by atoms with Crippen molar-refractivity contribution >= 4 is 67.5 Å². The molecule has 0 heterocycles. The molecule has 12 nitrogen and oxygen atoms in total. The maximum atomic E-state index is 12.9. The van der Waals surface area contributed by atoms with Crippen molar-refractivity contribution in [3.8, 4) is 11.5 Å². The van der Waals surface area contributed by atoms with Crippen LogP contribution in [0.3, 0.4) is 0 Å². The molecule has 48 heavy (non-hydrogen) atoms. The van der Waals surface area contributed by atoms with Gasteiger partial charge in [0, 0.05) is 40.8 Å². The first-order valence-electron chi connectivity index (χ1n) is 14.8. The number of aromatic hydroxyl groups is 1. The number of benzene rings is 5. The highest BCUT2D eigenvalue weighted by Gasteiger charge is 2.23. The Kier molecular flexibility index (Phi) is 11.0. The van der Waals surface area contributed by atoms with Gasteiger partial charge in [-0.05, 0) is 84.6 Å². The third-order valence-electron chi connectivity index (χ3n) is 7.33. The number of fused-ring (bicyclic) bond motifs is 1. The van der Waals surface area contributed by atoms with Gasteiger partial charge in [0.15, 0.2) is 5.75 Å². The van der Waals surface area contributed by atoms with Gasteiger partial charge in [0.1, 0.15) is 17.1 Å². The smallest absolute Gasteiger partial charge is 0.243 e. The first-order valence-corrected chi connectivity index (χ1v) is 16.7. The molecule has 0 spiro atoms. The second kappa shape index (κ2) is 15.4. The van der Waals surface area contributed by atoms with E-state index >= 15 is 0 Å². The van der Waals surface area contributed by atoms with Gasteiger partial charge < -0.3 is 25.4 Å². The molecule has 5 aromatic carbocycles. The van der Waals surface area contributed by atoms with E-state index in [0.29, 0.717) is 38.7 Å². The van der Waals surface area contributed by atoms with Crippen LogP contribution in [0.1, 0.15) is 5.56 Å². The maximum absolute atomic E-state index is 12.9. The summed E-state index contributed by atoms with van der Waals surface area (Å²) in [5.41, 5.74) is 4.01. The van der Waals surface area contributed by atoms with E-state index in [2.05, 4.69) is 38.4 Å². The Balaban J connectivity index is 1.35. The predicted molar refractivity (Wildman–Crippen MR) is 188 cm³/mol. The number of aliphatic hydroxyl groups is 2. The zero-order valence-corrected chi connectivity index (χ0v) is 27.9. The van der Waals surface area contributed by atoms with Crippen molar-refractivity contribution in [2.45, 2.75) is 16.7 Å². The fraction of sp³-hybridized carbons (Fsp3) is 0.176. The molecule has 0 saturated carbocycles. The van der Waals surface area contributed by atoms with Crippen molar-refractivity contribution in [2.24, 2.45) is 20.5 Å². The minimum absolute atomic E-state index is 0.00236. The van der Waals surface area contributed by atoms with Gasteiger partial charge in [-0.2, -0.15) is 14.5 Å². The van der Waals surface area contributed by atoms with Crippen LogP contribution in [0.2, 0.25) is 0 Å². The third-order valence-corrected chi connectivity index (χ3v) is 9.58. The van der Waals surface area contributed by atoms with Gasteiger partial charge in [0.25, 0.3) is 0 Å².